The molecule has 0 bridgehead atoms. The summed E-state index contributed by atoms with van der Waals surface area (Å²) < 4.78 is 7.19. The Labute approximate surface area is 183 Å². The molecule has 1 aromatic heterocycles. The standard InChI is InChI=1S/C26H30N2O3/c1-18(30)26-27-13-14-28(26)24(17-29)12-5-19-3-6-20(7-4-19)21-8-10-22(11-9-21)23-15-25(16-23)31-2/h3-14,18,23-25,29-30H,15-17H2,1-2H3/b12-5+/t18-,23-,24?,25+/m0/s1. The van der Waals surface area contributed by atoms with E-state index in [2.05, 4.69) is 53.5 Å². The molecule has 1 unspecified atom stereocenters. The molecule has 0 saturated heterocycles. The number of aliphatic hydroxyl groups excluding tert-OH is 2. The van der Waals surface area contributed by atoms with Crippen LogP contribution in [0.15, 0.2) is 67.0 Å². The smallest absolute Gasteiger partial charge is 0.137 e. The van der Waals surface area contributed by atoms with E-state index in [1.807, 2.05) is 12.2 Å². The number of hydrogen-bond donors (Lipinski definition) is 2. The minimum atomic E-state index is -0.686. The summed E-state index contributed by atoms with van der Waals surface area (Å²) in [5.74, 6) is 1.16. The molecule has 162 valence electrons. The molecule has 0 radical (unpaired) electrons. The predicted molar refractivity (Wildman–Crippen MR) is 123 cm³/mol. The van der Waals surface area contributed by atoms with Crippen molar-refractivity contribution in [2.75, 3.05) is 13.7 Å². The number of aliphatic hydroxyl groups is 2. The number of imidazole rings is 1. The highest BCUT2D eigenvalue weighted by Gasteiger charge is 2.29. The third kappa shape index (κ3) is 4.79. The first-order valence-electron chi connectivity index (χ1n) is 10.8. The Morgan fingerprint density at radius 3 is 2.32 bits per heavy atom. The molecular weight excluding hydrogens is 388 g/mol. The fourth-order valence-corrected chi connectivity index (χ4v) is 4.16. The Morgan fingerprint density at radius 2 is 1.74 bits per heavy atom. The zero-order valence-electron chi connectivity index (χ0n) is 18.1. The van der Waals surface area contributed by atoms with Crippen molar-refractivity contribution in [1.29, 1.82) is 0 Å². The second kappa shape index (κ2) is 9.60. The lowest BCUT2D eigenvalue weighted by Gasteiger charge is -2.34. The Morgan fingerprint density at radius 1 is 1.10 bits per heavy atom. The summed E-state index contributed by atoms with van der Waals surface area (Å²) in [4.78, 5) is 4.18. The lowest BCUT2D eigenvalue weighted by Crippen LogP contribution is -2.28. The Hall–Kier alpha value is -2.73. The second-order valence-corrected chi connectivity index (χ2v) is 8.25. The van der Waals surface area contributed by atoms with Crippen molar-refractivity contribution in [3.63, 3.8) is 0 Å². The SMILES string of the molecule is CO[C@H]1C[C@@H](c2ccc(-c3ccc(/C=C/C(CO)n4ccnc4[C@H](C)O)cc3)cc2)C1. The molecule has 2 atom stereocenters. The van der Waals surface area contributed by atoms with Crippen LogP contribution >= 0.6 is 0 Å². The number of rotatable bonds is 8. The van der Waals surface area contributed by atoms with E-state index >= 15 is 0 Å². The van der Waals surface area contributed by atoms with E-state index in [1.54, 1.807) is 31.0 Å². The number of hydrogen-bond acceptors (Lipinski definition) is 4. The monoisotopic (exact) mass is 418 g/mol. The van der Waals surface area contributed by atoms with Crippen molar-refractivity contribution in [1.82, 2.24) is 9.55 Å². The van der Waals surface area contributed by atoms with Gasteiger partial charge in [0.1, 0.15) is 11.9 Å². The first-order valence-corrected chi connectivity index (χ1v) is 10.8. The summed E-state index contributed by atoms with van der Waals surface area (Å²) in [6.45, 7) is 1.61. The van der Waals surface area contributed by atoms with Crippen molar-refractivity contribution in [3.05, 3.63) is 84.0 Å². The van der Waals surface area contributed by atoms with Gasteiger partial charge in [0.15, 0.2) is 0 Å². The Bertz CT molecular complexity index is 1000. The summed E-state index contributed by atoms with van der Waals surface area (Å²) in [5, 5.41) is 19.7. The average molecular weight is 419 g/mol. The second-order valence-electron chi connectivity index (χ2n) is 8.25. The summed E-state index contributed by atoms with van der Waals surface area (Å²) >= 11 is 0. The highest BCUT2D eigenvalue weighted by molar-refractivity contribution is 5.66. The summed E-state index contributed by atoms with van der Waals surface area (Å²) in [7, 11) is 1.79. The van der Waals surface area contributed by atoms with E-state index in [-0.39, 0.29) is 12.6 Å². The van der Waals surface area contributed by atoms with Crippen LogP contribution in [-0.2, 0) is 4.74 Å². The third-order valence-electron chi connectivity index (χ3n) is 6.18. The first-order chi connectivity index (χ1) is 15.1. The van der Waals surface area contributed by atoms with Gasteiger partial charge in [-0.2, -0.15) is 0 Å². The van der Waals surface area contributed by atoms with Crippen LogP contribution in [0.2, 0.25) is 0 Å². The fourth-order valence-electron chi connectivity index (χ4n) is 4.16. The molecule has 1 fully saturated rings. The number of aromatic nitrogens is 2. The van der Waals surface area contributed by atoms with Crippen molar-refractivity contribution in [3.8, 4) is 11.1 Å². The zero-order valence-corrected chi connectivity index (χ0v) is 18.1. The molecule has 2 N–H and O–H groups in total. The van der Waals surface area contributed by atoms with Gasteiger partial charge in [-0.1, -0.05) is 60.7 Å². The quantitative estimate of drug-likeness (QED) is 0.554. The summed E-state index contributed by atoms with van der Waals surface area (Å²) in [5.41, 5.74) is 4.83. The van der Waals surface area contributed by atoms with Crippen LogP contribution < -0.4 is 0 Å². The molecule has 0 spiro atoms. The van der Waals surface area contributed by atoms with Crippen LogP contribution in [0.5, 0.6) is 0 Å². The number of nitrogens with zero attached hydrogens (tertiary/aromatic N) is 2. The maximum atomic E-state index is 9.85. The minimum absolute atomic E-state index is 0.0663. The van der Waals surface area contributed by atoms with Gasteiger partial charge < -0.3 is 19.5 Å². The van der Waals surface area contributed by atoms with Gasteiger partial charge in [0, 0.05) is 19.5 Å². The maximum absolute atomic E-state index is 9.85. The molecule has 0 aliphatic heterocycles. The third-order valence-corrected chi connectivity index (χ3v) is 6.18. The zero-order chi connectivity index (χ0) is 21.8. The molecule has 31 heavy (non-hydrogen) atoms. The van der Waals surface area contributed by atoms with E-state index in [0.29, 0.717) is 17.8 Å². The van der Waals surface area contributed by atoms with E-state index < -0.39 is 6.10 Å². The van der Waals surface area contributed by atoms with Crippen LogP contribution in [0.25, 0.3) is 17.2 Å². The fraction of sp³-hybridized carbons (Fsp3) is 0.346. The summed E-state index contributed by atoms with van der Waals surface area (Å²) in [6.07, 6.45) is 9.30. The van der Waals surface area contributed by atoms with Crippen molar-refractivity contribution in [2.45, 2.75) is 43.9 Å². The molecule has 0 amide bonds. The largest absolute Gasteiger partial charge is 0.394 e. The van der Waals surface area contributed by atoms with Crippen LogP contribution in [0.3, 0.4) is 0 Å². The van der Waals surface area contributed by atoms with Crippen molar-refractivity contribution in [2.24, 2.45) is 0 Å². The molecule has 4 rings (SSSR count). The molecule has 2 aromatic carbocycles. The van der Waals surface area contributed by atoms with Gasteiger partial charge >= 0.3 is 0 Å². The molecule has 1 aliphatic rings. The van der Waals surface area contributed by atoms with Crippen molar-refractivity contribution >= 4 is 6.08 Å². The van der Waals surface area contributed by atoms with Gasteiger partial charge in [0.25, 0.3) is 0 Å². The van der Waals surface area contributed by atoms with Gasteiger partial charge in [0.2, 0.25) is 0 Å². The van der Waals surface area contributed by atoms with Crippen LogP contribution in [-0.4, -0.2) is 39.6 Å². The van der Waals surface area contributed by atoms with Crippen LogP contribution in [0.1, 0.15) is 54.8 Å². The van der Waals surface area contributed by atoms with Crippen LogP contribution in [0, 0.1) is 0 Å². The van der Waals surface area contributed by atoms with E-state index in [1.165, 1.54) is 16.7 Å². The van der Waals surface area contributed by atoms with Crippen LogP contribution in [0.4, 0.5) is 0 Å². The van der Waals surface area contributed by atoms with Gasteiger partial charge in [-0.05, 0) is 47.9 Å². The van der Waals surface area contributed by atoms with Crippen molar-refractivity contribution < 1.29 is 14.9 Å². The first kappa shape index (κ1) is 21.5. The number of ether oxygens (including phenoxy) is 1. The highest BCUT2D eigenvalue weighted by Crippen LogP contribution is 2.38. The van der Waals surface area contributed by atoms with E-state index in [0.717, 1.165) is 18.4 Å². The van der Waals surface area contributed by atoms with Gasteiger partial charge in [-0.3, -0.25) is 0 Å². The summed E-state index contributed by atoms with van der Waals surface area (Å²) in [6, 6.07) is 17.0. The van der Waals surface area contributed by atoms with E-state index in [9.17, 15) is 10.2 Å². The topological polar surface area (TPSA) is 67.5 Å². The lowest BCUT2D eigenvalue weighted by atomic mass is 9.77. The van der Waals surface area contributed by atoms with Gasteiger partial charge in [0.05, 0.1) is 18.8 Å². The lowest BCUT2D eigenvalue weighted by molar-refractivity contribution is 0.0258. The molecule has 3 aromatic rings. The molecule has 1 saturated carbocycles. The molecule has 1 aliphatic carbocycles. The minimum Gasteiger partial charge on any atom is -0.394 e. The Balaban J connectivity index is 1.42. The van der Waals surface area contributed by atoms with Gasteiger partial charge in [-0.15, -0.1) is 0 Å². The van der Waals surface area contributed by atoms with E-state index in [4.69, 9.17) is 4.74 Å². The molecule has 1 heterocycles. The van der Waals surface area contributed by atoms with Gasteiger partial charge in [-0.25, -0.2) is 4.98 Å². The predicted octanol–water partition coefficient (Wildman–Crippen LogP) is 4.74. The normalized spacial score (nSPS) is 20.5. The number of benzene rings is 2. The highest BCUT2D eigenvalue weighted by atomic mass is 16.5. The molecule has 5 heteroatoms. The number of methoxy groups -OCH3 is 1. The average Bonchev–Trinajstić information content (AvgIpc) is 3.25. The maximum Gasteiger partial charge on any atom is 0.137 e. The molecular formula is C26H30N2O3. The molecule has 5 nitrogen and oxygen atoms in total. The Kier molecular flexibility index (Phi) is 6.66.